The summed E-state index contributed by atoms with van der Waals surface area (Å²) in [4.78, 5) is 13.9. The van der Waals surface area contributed by atoms with E-state index >= 15 is 0 Å². The second kappa shape index (κ2) is 8.72. The highest BCUT2D eigenvalue weighted by Gasteiger charge is 2.18. The molecule has 1 amide bonds. The molecule has 1 atom stereocenters. The van der Waals surface area contributed by atoms with Gasteiger partial charge >= 0.3 is 0 Å². The van der Waals surface area contributed by atoms with E-state index in [4.69, 9.17) is 5.73 Å². The van der Waals surface area contributed by atoms with Crippen LogP contribution in [0.1, 0.15) is 46.5 Å². The lowest BCUT2D eigenvalue weighted by molar-refractivity contribution is -0.135. The van der Waals surface area contributed by atoms with Gasteiger partial charge in [0, 0.05) is 25.6 Å². The molecule has 0 fully saturated rings. The van der Waals surface area contributed by atoms with E-state index in [1.165, 1.54) is 0 Å². The average molecular weight is 214 g/mol. The molecule has 0 radical (unpaired) electrons. The van der Waals surface area contributed by atoms with E-state index < -0.39 is 0 Å². The zero-order valence-electron chi connectivity index (χ0n) is 10.5. The molecule has 0 aliphatic rings. The maximum atomic E-state index is 12.0. The number of nitrogens with zero attached hydrogens (tertiary/aromatic N) is 1. The summed E-state index contributed by atoms with van der Waals surface area (Å²) >= 11 is 0. The predicted octanol–water partition coefficient (Wildman–Crippen LogP) is 2.01. The summed E-state index contributed by atoms with van der Waals surface area (Å²) in [6, 6.07) is 0. The van der Waals surface area contributed by atoms with Crippen LogP contribution < -0.4 is 5.73 Å². The molecule has 0 saturated carbocycles. The van der Waals surface area contributed by atoms with Crippen LogP contribution in [0.2, 0.25) is 0 Å². The van der Waals surface area contributed by atoms with Crippen LogP contribution in [0.25, 0.3) is 0 Å². The Bertz CT molecular complexity index is 171. The topological polar surface area (TPSA) is 46.3 Å². The van der Waals surface area contributed by atoms with Crippen molar-refractivity contribution in [3.63, 3.8) is 0 Å². The van der Waals surface area contributed by atoms with Gasteiger partial charge in [0.15, 0.2) is 0 Å². The third-order valence-electron chi connectivity index (χ3n) is 2.64. The van der Waals surface area contributed by atoms with E-state index in [1.54, 1.807) is 0 Å². The third kappa shape index (κ3) is 5.78. The van der Waals surface area contributed by atoms with Gasteiger partial charge < -0.3 is 10.6 Å². The monoisotopic (exact) mass is 214 g/mol. The molecule has 0 aromatic carbocycles. The van der Waals surface area contributed by atoms with Crippen LogP contribution in [0, 0.1) is 5.92 Å². The number of amides is 1. The minimum Gasteiger partial charge on any atom is -0.341 e. The van der Waals surface area contributed by atoms with Crippen LogP contribution in [-0.4, -0.2) is 30.4 Å². The van der Waals surface area contributed by atoms with Crippen LogP contribution in [0.4, 0.5) is 0 Å². The number of unbranched alkanes of at least 4 members (excludes halogenated alkanes) is 1. The summed E-state index contributed by atoms with van der Waals surface area (Å²) in [5.41, 5.74) is 5.52. The molecule has 0 rings (SSSR count). The summed E-state index contributed by atoms with van der Waals surface area (Å²) in [5, 5.41) is 0. The number of rotatable bonds is 8. The molecule has 0 heterocycles. The molecular formula is C12H26N2O. The van der Waals surface area contributed by atoms with E-state index in [-0.39, 0.29) is 11.8 Å². The fraction of sp³-hybridized carbons (Fsp3) is 0.917. The van der Waals surface area contributed by atoms with Crippen molar-refractivity contribution in [2.75, 3.05) is 19.6 Å². The van der Waals surface area contributed by atoms with E-state index in [1.807, 2.05) is 11.8 Å². The van der Waals surface area contributed by atoms with Crippen molar-refractivity contribution in [3.8, 4) is 0 Å². The fourth-order valence-corrected chi connectivity index (χ4v) is 1.71. The molecule has 15 heavy (non-hydrogen) atoms. The SMILES string of the molecule is CCCCN(CCN)C(=O)C(C)CCC. The Morgan fingerprint density at radius 2 is 1.93 bits per heavy atom. The summed E-state index contributed by atoms with van der Waals surface area (Å²) in [6.07, 6.45) is 4.24. The minimum atomic E-state index is 0.151. The van der Waals surface area contributed by atoms with Crippen molar-refractivity contribution in [3.05, 3.63) is 0 Å². The Morgan fingerprint density at radius 3 is 2.40 bits per heavy atom. The van der Waals surface area contributed by atoms with Gasteiger partial charge in [-0.05, 0) is 12.8 Å². The molecule has 0 aromatic rings. The first-order chi connectivity index (χ1) is 7.17. The van der Waals surface area contributed by atoms with Gasteiger partial charge in [-0.25, -0.2) is 0 Å². The first-order valence-corrected chi connectivity index (χ1v) is 6.16. The van der Waals surface area contributed by atoms with Crippen molar-refractivity contribution in [1.82, 2.24) is 4.90 Å². The van der Waals surface area contributed by atoms with Crippen LogP contribution in [0.5, 0.6) is 0 Å². The standard InChI is InChI=1S/C12H26N2O/c1-4-6-9-14(10-8-13)12(15)11(3)7-5-2/h11H,4-10,13H2,1-3H3. The Balaban J connectivity index is 4.13. The lowest BCUT2D eigenvalue weighted by atomic mass is 10.0. The second-order valence-corrected chi connectivity index (χ2v) is 4.16. The maximum Gasteiger partial charge on any atom is 0.225 e. The molecule has 0 aromatic heterocycles. The Labute approximate surface area is 94.0 Å². The zero-order chi connectivity index (χ0) is 11.7. The van der Waals surface area contributed by atoms with Crippen LogP contribution >= 0.6 is 0 Å². The van der Waals surface area contributed by atoms with Crippen molar-refractivity contribution >= 4 is 5.91 Å². The first kappa shape index (κ1) is 14.4. The average Bonchev–Trinajstić information content (AvgIpc) is 2.23. The van der Waals surface area contributed by atoms with Gasteiger partial charge in [-0.2, -0.15) is 0 Å². The number of carbonyl (C=O) groups excluding carboxylic acids is 1. The largest absolute Gasteiger partial charge is 0.341 e. The van der Waals surface area contributed by atoms with Crippen molar-refractivity contribution < 1.29 is 4.79 Å². The minimum absolute atomic E-state index is 0.151. The van der Waals surface area contributed by atoms with Gasteiger partial charge in [0.05, 0.1) is 0 Å². The van der Waals surface area contributed by atoms with Gasteiger partial charge in [0.2, 0.25) is 5.91 Å². The second-order valence-electron chi connectivity index (χ2n) is 4.16. The molecule has 2 N–H and O–H groups in total. The van der Waals surface area contributed by atoms with Crippen molar-refractivity contribution in [2.45, 2.75) is 46.5 Å². The molecule has 3 heteroatoms. The number of hydrogen-bond donors (Lipinski definition) is 1. The number of hydrogen-bond acceptors (Lipinski definition) is 2. The van der Waals surface area contributed by atoms with Gasteiger partial charge in [-0.3, -0.25) is 4.79 Å². The van der Waals surface area contributed by atoms with Crippen molar-refractivity contribution in [2.24, 2.45) is 11.7 Å². The molecule has 3 nitrogen and oxygen atoms in total. The van der Waals surface area contributed by atoms with Crippen LogP contribution in [0.15, 0.2) is 0 Å². The number of nitrogens with two attached hydrogens (primary N) is 1. The highest BCUT2D eigenvalue weighted by Crippen LogP contribution is 2.10. The molecule has 90 valence electrons. The Hall–Kier alpha value is -0.570. The van der Waals surface area contributed by atoms with Crippen molar-refractivity contribution in [1.29, 1.82) is 0 Å². The van der Waals surface area contributed by atoms with E-state index in [0.717, 1.165) is 32.2 Å². The smallest absolute Gasteiger partial charge is 0.225 e. The molecular weight excluding hydrogens is 188 g/mol. The third-order valence-corrected chi connectivity index (χ3v) is 2.64. The summed E-state index contributed by atoms with van der Waals surface area (Å²) in [5.74, 6) is 0.425. The van der Waals surface area contributed by atoms with Gasteiger partial charge in [0.1, 0.15) is 0 Å². The molecule has 0 aliphatic heterocycles. The van der Waals surface area contributed by atoms with Gasteiger partial charge in [-0.15, -0.1) is 0 Å². The highest BCUT2D eigenvalue weighted by molar-refractivity contribution is 5.78. The van der Waals surface area contributed by atoms with E-state index in [0.29, 0.717) is 13.1 Å². The fourth-order valence-electron chi connectivity index (χ4n) is 1.71. The van der Waals surface area contributed by atoms with Gasteiger partial charge in [-0.1, -0.05) is 33.6 Å². The maximum absolute atomic E-state index is 12.0. The zero-order valence-corrected chi connectivity index (χ0v) is 10.5. The normalized spacial score (nSPS) is 12.5. The highest BCUT2D eigenvalue weighted by atomic mass is 16.2. The lowest BCUT2D eigenvalue weighted by Crippen LogP contribution is -2.39. The molecule has 0 aliphatic carbocycles. The molecule has 0 bridgehead atoms. The van der Waals surface area contributed by atoms with Crippen LogP contribution in [-0.2, 0) is 4.79 Å². The van der Waals surface area contributed by atoms with Gasteiger partial charge in [0.25, 0.3) is 0 Å². The summed E-state index contributed by atoms with van der Waals surface area (Å²) < 4.78 is 0. The quantitative estimate of drug-likeness (QED) is 0.672. The molecule has 0 spiro atoms. The van der Waals surface area contributed by atoms with E-state index in [2.05, 4.69) is 13.8 Å². The Kier molecular flexibility index (Phi) is 8.38. The molecule has 0 saturated heterocycles. The van der Waals surface area contributed by atoms with Crippen LogP contribution in [0.3, 0.4) is 0 Å². The number of carbonyl (C=O) groups is 1. The summed E-state index contributed by atoms with van der Waals surface area (Å²) in [6.45, 7) is 8.40. The predicted molar refractivity (Wildman–Crippen MR) is 64.6 cm³/mol. The lowest BCUT2D eigenvalue weighted by Gasteiger charge is -2.25. The Morgan fingerprint density at radius 1 is 1.27 bits per heavy atom. The van der Waals surface area contributed by atoms with E-state index in [9.17, 15) is 4.79 Å². The molecule has 1 unspecified atom stereocenters. The summed E-state index contributed by atoms with van der Waals surface area (Å²) in [7, 11) is 0. The first-order valence-electron chi connectivity index (χ1n) is 6.16.